The van der Waals surface area contributed by atoms with Crippen molar-refractivity contribution in [1.29, 1.82) is 0 Å². The molecule has 20 heavy (non-hydrogen) atoms. The summed E-state index contributed by atoms with van der Waals surface area (Å²) in [4.78, 5) is 11.1. The van der Waals surface area contributed by atoms with Gasteiger partial charge in [-0.05, 0) is 30.0 Å². The van der Waals surface area contributed by atoms with Crippen LogP contribution in [-0.2, 0) is 10.0 Å². The minimum absolute atomic E-state index is 0.0280. The molecule has 1 aliphatic rings. The maximum Gasteiger partial charge on any atom is 0.248 e. The lowest BCUT2D eigenvalue weighted by atomic mass is 9.93. The number of primary amides is 1. The second-order valence-electron chi connectivity index (χ2n) is 5.87. The van der Waals surface area contributed by atoms with Crippen LogP contribution in [0.4, 0.5) is 5.69 Å². The molecule has 1 aliphatic heterocycles. The van der Waals surface area contributed by atoms with Crippen LogP contribution in [-0.4, -0.2) is 31.7 Å². The summed E-state index contributed by atoms with van der Waals surface area (Å²) in [5.41, 5.74) is 11.1. The molecule has 1 aromatic carbocycles. The smallest absolute Gasteiger partial charge is 0.248 e. The second-order valence-corrected chi connectivity index (χ2v) is 7.78. The zero-order valence-electron chi connectivity index (χ0n) is 11.6. The number of nitrogens with zero attached hydrogens (tertiary/aromatic N) is 1. The van der Waals surface area contributed by atoms with E-state index in [0.717, 1.165) is 6.42 Å². The van der Waals surface area contributed by atoms with Crippen molar-refractivity contribution in [1.82, 2.24) is 4.31 Å². The van der Waals surface area contributed by atoms with Crippen LogP contribution in [0.1, 0.15) is 30.6 Å². The van der Waals surface area contributed by atoms with Gasteiger partial charge in [0.05, 0.1) is 5.69 Å². The van der Waals surface area contributed by atoms with Crippen LogP contribution in [0.3, 0.4) is 0 Å². The van der Waals surface area contributed by atoms with Gasteiger partial charge in [-0.2, -0.15) is 4.31 Å². The fourth-order valence-electron chi connectivity index (χ4n) is 2.34. The molecule has 0 spiro atoms. The Morgan fingerprint density at radius 3 is 2.45 bits per heavy atom. The number of nitrogens with two attached hydrogens (primary N) is 2. The fourth-order valence-corrected chi connectivity index (χ4v) is 4.07. The van der Waals surface area contributed by atoms with Crippen molar-refractivity contribution in [3.05, 3.63) is 23.8 Å². The van der Waals surface area contributed by atoms with E-state index in [2.05, 4.69) is 0 Å². The van der Waals surface area contributed by atoms with E-state index in [1.807, 2.05) is 13.8 Å². The maximum absolute atomic E-state index is 12.6. The number of sulfonamides is 1. The van der Waals surface area contributed by atoms with Crippen molar-refractivity contribution < 1.29 is 13.2 Å². The van der Waals surface area contributed by atoms with Gasteiger partial charge in [0.1, 0.15) is 4.90 Å². The molecule has 110 valence electrons. The third kappa shape index (κ3) is 2.64. The number of hydrogen-bond donors (Lipinski definition) is 2. The quantitative estimate of drug-likeness (QED) is 0.804. The van der Waals surface area contributed by atoms with Crippen LogP contribution in [0.25, 0.3) is 0 Å². The number of hydrogen-bond acceptors (Lipinski definition) is 4. The average molecular weight is 297 g/mol. The molecule has 0 saturated carbocycles. The van der Waals surface area contributed by atoms with Gasteiger partial charge in [-0.1, -0.05) is 13.8 Å². The highest BCUT2D eigenvalue weighted by molar-refractivity contribution is 7.89. The van der Waals surface area contributed by atoms with Crippen molar-refractivity contribution in [2.24, 2.45) is 11.1 Å². The van der Waals surface area contributed by atoms with E-state index in [4.69, 9.17) is 11.5 Å². The largest absolute Gasteiger partial charge is 0.398 e. The molecule has 0 bridgehead atoms. The molecule has 0 unspecified atom stereocenters. The molecule has 7 heteroatoms. The molecule has 1 amide bonds. The Labute approximate surface area is 118 Å². The van der Waals surface area contributed by atoms with Crippen molar-refractivity contribution in [2.75, 3.05) is 18.8 Å². The van der Waals surface area contributed by atoms with Crippen LogP contribution < -0.4 is 11.5 Å². The van der Waals surface area contributed by atoms with E-state index in [1.54, 1.807) is 0 Å². The normalized spacial score (nSPS) is 19.1. The molecule has 2 rings (SSSR count). The summed E-state index contributed by atoms with van der Waals surface area (Å²) in [7, 11) is -3.63. The summed E-state index contributed by atoms with van der Waals surface area (Å²) in [6.07, 6.45) is 0.811. The first kappa shape index (κ1) is 14.8. The van der Waals surface area contributed by atoms with E-state index in [1.165, 1.54) is 22.5 Å². The molecule has 1 aromatic rings. The molecular weight excluding hydrogens is 278 g/mol. The molecular formula is C13H19N3O3S. The van der Waals surface area contributed by atoms with Gasteiger partial charge in [0, 0.05) is 18.7 Å². The molecule has 1 fully saturated rings. The molecule has 1 saturated heterocycles. The van der Waals surface area contributed by atoms with Crippen LogP contribution in [0.5, 0.6) is 0 Å². The van der Waals surface area contributed by atoms with E-state index < -0.39 is 15.9 Å². The monoisotopic (exact) mass is 297 g/mol. The summed E-state index contributed by atoms with van der Waals surface area (Å²) >= 11 is 0. The summed E-state index contributed by atoms with van der Waals surface area (Å²) < 4.78 is 26.5. The summed E-state index contributed by atoms with van der Waals surface area (Å²) in [6.45, 7) is 5.00. The maximum atomic E-state index is 12.6. The van der Waals surface area contributed by atoms with E-state index in [-0.39, 0.29) is 21.6 Å². The van der Waals surface area contributed by atoms with Gasteiger partial charge in [-0.15, -0.1) is 0 Å². The molecule has 4 N–H and O–H groups in total. The highest BCUT2D eigenvalue weighted by Gasteiger charge is 2.37. The summed E-state index contributed by atoms with van der Waals surface area (Å²) in [6, 6.07) is 4.03. The molecule has 0 aromatic heterocycles. The number of rotatable bonds is 3. The van der Waals surface area contributed by atoms with Crippen molar-refractivity contribution in [2.45, 2.75) is 25.2 Å². The molecule has 6 nitrogen and oxygen atoms in total. The van der Waals surface area contributed by atoms with Gasteiger partial charge >= 0.3 is 0 Å². The van der Waals surface area contributed by atoms with Gasteiger partial charge in [-0.3, -0.25) is 4.79 Å². The Morgan fingerprint density at radius 2 is 2.00 bits per heavy atom. The number of amides is 1. The fraction of sp³-hybridized carbons (Fsp3) is 0.462. The first-order valence-corrected chi connectivity index (χ1v) is 7.77. The van der Waals surface area contributed by atoms with Crippen LogP contribution in [0, 0.1) is 5.41 Å². The predicted molar refractivity (Wildman–Crippen MR) is 76.5 cm³/mol. The summed E-state index contributed by atoms with van der Waals surface area (Å²) in [5, 5.41) is 0. The van der Waals surface area contributed by atoms with Crippen LogP contribution in [0.2, 0.25) is 0 Å². The van der Waals surface area contributed by atoms with Gasteiger partial charge in [0.15, 0.2) is 0 Å². The number of benzene rings is 1. The number of carbonyl (C=O) groups excluding carboxylic acids is 1. The van der Waals surface area contributed by atoms with Crippen molar-refractivity contribution in [3.63, 3.8) is 0 Å². The summed E-state index contributed by atoms with van der Waals surface area (Å²) in [5.74, 6) is -0.636. The Kier molecular flexibility index (Phi) is 3.51. The Balaban J connectivity index is 2.38. The predicted octanol–water partition coefficient (Wildman–Crippen LogP) is 0.788. The lowest BCUT2D eigenvalue weighted by Crippen LogP contribution is -2.31. The van der Waals surface area contributed by atoms with E-state index in [0.29, 0.717) is 13.1 Å². The SMILES string of the molecule is CC1(C)CCN(S(=O)(=O)c2ccc(C(N)=O)cc2N)C1. The van der Waals surface area contributed by atoms with Gasteiger partial charge in [-0.25, -0.2) is 8.42 Å². The Bertz CT molecular complexity index is 653. The zero-order chi connectivity index (χ0) is 15.1. The van der Waals surface area contributed by atoms with Crippen molar-refractivity contribution in [3.8, 4) is 0 Å². The first-order chi connectivity index (χ1) is 9.13. The van der Waals surface area contributed by atoms with Crippen LogP contribution >= 0.6 is 0 Å². The lowest BCUT2D eigenvalue weighted by molar-refractivity contribution is 0.1000. The number of nitrogen functional groups attached to an aromatic ring is 1. The molecule has 0 atom stereocenters. The third-order valence-corrected chi connectivity index (χ3v) is 5.47. The third-order valence-electron chi connectivity index (χ3n) is 3.55. The lowest BCUT2D eigenvalue weighted by Gasteiger charge is -2.20. The van der Waals surface area contributed by atoms with E-state index in [9.17, 15) is 13.2 Å². The topological polar surface area (TPSA) is 106 Å². The minimum atomic E-state index is -3.63. The van der Waals surface area contributed by atoms with E-state index >= 15 is 0 Å². The highest BCUT2D eigenvalue weighted by Crippen LogP contribution is 2.34. The molecule has 0 radical (unpaired) electrons. The van der Waals surface area contributed by atoms with Gasteiger partial charge in [0.2, 0.25) is 15.9 Å². The molecule has 1 heterocycles. The zero-order valence-corrected chi connectivity index (χ0v) is 12.4. The Hall–Kier alpha value is -1.60. The van der Waals surface area contributed by atoms with Gasteiger partial charge in [0.25, 0.3) is 0 Å². The average Bonchev–Trinajstić information content (AvgIpc) is 2.69. The number of carbonyl (C=O) groups is 1. The standard InChI is InChI=1S/C13H19N3O3S/c1-13(2)5-6-16(8-13)20(18,19)11-4-3-9(12(15)17)7-10(11)14/h3-4,7H,5-6,8,14H2,1-2H3,(H2,15,17). The number of anilines is 1. The van der Waals surface area contributed by atoms with Crippen molar-refractivity contribution >= 4 is 21.6 Å². The second kappa shape index (κ2) is 4.75. The first-order valence-electron chi connectivity index (χ1n) is 6.33. The minimum Gasteiger partial charge on any atom is -0.398 e. The van der Waals surface area contributed by atoms with Crippen LogP contribution in [0.15, 0.2) is 23.1 Å². The highest BCUT2D eigenvalue weighted by atomic mass is 32.2. The Morgan fingerprint density at radius 1 is 1.35 bits per heavy atom. The molecule has 0 aliphatic carbocycles. The van der Waals surface area contributed by atoms with Gasteiger partial charge < -0.3 is 11.5 Å².